The monoisotopic (exact) mass is 342 g/mol. The van der Waals surface area contributed by atoms with E-state index < -0.39 is 6.09 Å². The van der Waals surface area contributed by atoms with Crippen molar-refractivity contribution >= 4 is 33.8 Å². The van der Waals surface area contributed by atoms with Crippen LogP contribution in [-0.4, -0.2) is 19.2 Å². The summed E-state index contributed by atoms with van der Waals surface area (Å²) in [7, 11) is 0. The number of anilines is 1. The summed E-state index contributed by atoms with van der Waals surface area (Å²) in [5.74, 6) is 0. The lowest BCUT2D eigenvalue weighted by molar-refractivity contribution is -0.591. The van der Waals surface area contributed by atoms with Crippen LogP contribution in [0.1, 0.15) is 11.1 Å². The largest absolute Gasteiger partial charge is 0.617 e. The number of aromatic nitrogens is 2. The number of rotatable bonds is 3. The molecule has 0 aliphatic rings. The van der Waals surface area contributed by atoms with Crippen LogP contribution < -0.4 is 20.5 Å². The van der Waals surface area contributed by atoms with Gasteiger partial charge in [-0.3, -0.25) is 5.32 Å². The third-order valence-corrected chi connectivity index (χ3v) is 4.04. The molecule has 0 saturated heterocycles. The number of aryl methyl sites for hydroxylation is 2. The Bertz CT molecular complexity index is 988. The Balaban J connectivity index is 2.13. The van der Waals surface area contributed by atoms with E-state index in [0.717, 1.165) is 15.9 Å². The third kappa shape index (κ3) is 2.99. The zero-order valence-electron chi connectivity index (χ0n) is 13.9. The molecule has 3 aromatic rings. The highest BCUT2D eigenvalue weighted by atomic mass is 16.5. The number of nitrogens with zero attached hydrogens (tertiary/aromatic N) is 2. The average Bonchev–Trinajstić information content (AvgIpc) is 2.59. The van der Waals surface area contributed by atoms with Gasteiger partial charge in [-0.15, -0.1) is 0 Å². The SMILES string of the molecule is Cc1cc2c(cc1C)[n+]([O-])c1cc(NC(=O)OCCN)ccc1[n+]2[O-]. The molecule has 0 fully saturated rings. The van der Waals surface area contributed by atoms with Crippen molar-refractivity contribution in [2.75, 3.05) is 18.5 Å². The molecule has 8 nitrogen and oxygen atoms in total. The molecular weight excluding hydrogens is 324 g/mol. The predicted octanol–water partition coefficient (Wildman–Crippen LogP) is 1.38. The standard InChI is InChI=1S/C17H18N4O4/c1-10-7-14-15(8-11(10)2)21(24)16-9-12(3-4-13(16)20(14)23)19-17(22)25-6-5-18/h3-4,7-9H,5-6,18H2,1-2H3,(H,19,22). The Hall–Kier alpha value is -3.13. The van der Waals surface area contributed by atoms with Crippen LogP contribution in [0.2, 0.25) is 0 Å². The number of amides is 1. The minimum absolute atomic E-state index is 0.0881. The van der Waals surface area contributed by atoms with E-state index in [9.17, 15) is 15.2 Å². The van der Waals surface area contributed by atoms with Crippen molar-refractivity contribution in [1.29, 1.82) is 0 Å². The number of benzene rings is 2. The molecule has 0 bridgehead atoms. The van der Waals surface area contributed by atoms with Crippen molar-refractivity contribution in [3.63, 3.8) is 0 Å². The molecule has 0 spiro atoms. The van der Waals surface area contributed by atoms with Crippen LogP contribution in [0.25, 0.3) is 22.1 Å². The Morgan fingerprint density at radius 1 is 1.04 bits per heavy atom. The van der Waals surface area contributed by atoms with Crippen LogP contribution in [0.15, 0.2) is 30.3 Å². The molecule has 130 valence electrons. The van der Waals surface area contributed by atoms with Crippen molar-refractivity contribution < 1.29 is 19.0 Å². The number of carbonyl (C=O) groups is 1. The second-order valence-electron chi connectivity index (χ2n) is 5.77. The Morgan fingerprint density at radius 3 is 2.20 bits per heavy atom. The number of nitrogens with two attached hydrogens (primary N) is 1. The average molecular weight is 342 g/mol. The van der Waals surface area contributed by atoms with Gasteiger partial charge in [0, 0.05) is 30.8 Å². The summed E-state index contributed by atoms with van der Waals surface area (Å²) in [6, 6.07) is 7.84. The highest BCUT2D eigenvalue weighted by Gasteiger charge is 2.22. The van der Waals surface area contributed by atoms with Gasteiger partial charge in [0.1, 0.15) is 6.61 Å². The van der Waals surface area contributed by atoms with Gasteiger partial charge in [0.05, 0.1) is 5.69 Å². The van der Waals surface area contributed by atoms with Crippen LogP contribution in [0, 0.1) is 24.3 Å². The normalized spacial score (nSPS) is 11.0. The molecule has 1 heterocycles. The second-order valence-corrected chi connectivity index (χ2v) is 5.77. The predicted molar refractivity (Wildman–Crippen MR) is 92.9 cm³/mol. The summed E-state index contributed by atoms with van der Waals surface area (Å²) in [6.45, 7) is 4.06. The van der Waals surface area contributed by atoms with Crippen molar-refractivity contribution in [3.05, 3.63) is 51.9 Å². The molecule has 0 atom stereocenters. The summed E-state index contributed by atoms with van der Waals surface area (Å²) in [6.07, 6.45) is -0.676. The van der Waals surface area contributed by atoms with Gasteiger partial charge >= 0.3 is 6.09 Å². The number of fused-ring (bicyclic) bond motifs is 2. The molecule has 1 amide bonds. The van der Waals surface area contributed by atoms with Crippen molar-refractivity contribution in [3.8, 4) is 0 Å². The number of nitrogens with one attached hydrogen (secondary N) is 1. The van der Waals surface area contributed by atoms with Crippen molar-refractivity contribution in [1.82, 2.24) is 0 Å². The molecular formula is C17H18N4O4. The van der Waals surface area contributed by atoms with E-state index in [1.807, 2.05) is 13.8 Å². The molecule has 25 heavy (non-hydrogen) atoms. The van der Waals surface area contributed by atoms with Gasteiger partial charge in [0.2, 0.25) is 0 Å². The summed E-state index contributed by atoms with van der Waals surface area (Å²) in [4.78, 5) is 11.6. The molecule has 0 aliphatic carbocycles. The first kappa shape index (κ1) is 16.7. The molecule has 0 radical (unpaired) electrons. The Morgan fingerprint density at radius 2 is 1.60 bits per heavy atom. The van der Waals surface area contributed by atoms with Gasteiger partial charge in [-0.05, 0) is 31.0 Å². The van der Waals surface area contributed by atoms with Gasteiger partial charge in [0.15, 0.2) is 0 Å². The molecule has 1 aromatic heterocycles. The lowest BCUT2D eigenvalue weighted by Crippen LogP contribution is -2.39. The highest BCUT2D eigenvalue weighted by molar-refractivity contribution is 5.88. The topological polar surface area (TPSA) is 118 Å². The molecule has 0 aliphatic heterocycles. The zero-order chi connectivity index (χ0) is 18.1. The molecule has 8 heteroatoms. The number of hydrogen-bond donors (Lipinski definition) is 2. The lowest BCUT2D eigenvalue weighted by Gasteiger charge is -2.10. The minimum atomic E-state index is -0.676. The molecule has 3 N–H and O–H groups in total. The maximum atomic E-state index is 12.7. The van der Waals surface area contributed by atoms with Crippen molar-refractivity contribution in [2.45, 2.75) is 13.8 Å². The molecule has 0 saturated carbocycles. The fraction of sp³-hybridized carbons (Fsp3) is 0.235. The lowest BCUT2D eigenvalue weighted by atomic mass is 10.1. The summed E-state index contributed by atoms with van der Waals surface area (Å²) in [5.41, 5.74) is 8.40. The fourth-order valence-corrected chi connectivity index (χ4v) is 2.61. The Kier molecular flexibility index (Phi) is 4.28. The number of hydrogen-bond acceptors (Lipinski definition) is 5. The summed E-state index contributed by atoms with van der Waals surface area (Å²) < 4.78 is 6.25. The molecule has 3 rings (SSSR count). The van der Waals surface area contributed by atoms with Crippen molar-refractivity contribution in [2.24, 2.45) is 5.73 Å². The fourth-order valence-electron chi connectivity index (χ4n) is 2.61. The van der Waals surface area contributed by atoms with E-state index in [0.29, 0.717) is 15.9 Å². The highest BCUT2D eigenvalue weighted by Crippen LogP contribution is 2.19. The van der Waals surface area contributed by atoms with Gasteiger partial charge in [-0.1, -0.05) is 0 Å². The van der Waals surface area contributed by atoms with Gasteiger partial charge in [-0.2, -0.15) is 9.46 Å². The summed E-state index contributed by atoms with van der Waals surface area (Å²) in [5, 5.41) is 27.8. The first-order valence-electron chi connectivity index (χ1n) is 7.76. The quantitative estimate of drug-likeness (QED) is 0.423. The van der Waals surface area contributed by atoms with Crippen LogP contribution in [0.5, 0.6) is 0 Å². The first-order chi connectivity index (χ1) is 11.9. The maximum absolute atomic E-state index is 12.7. The van der Waals surface area contributed by atoms with E-state index >= 15 is 0 Å². The van der Waals surface area contributed by atoms with E-state index in [1.54, 1.807) is 12.1 Å². The van der Waals surface area contributed by atoms with Gasteiger partial charge in [0.25, 0.3) is 22.1 Å². The second kappa shape index (κ2) is 6.40. The minimum Gasteiger partial charge on any atom is -0.617 e. The Labute approximate surface area is 143 Å². The summed E-state index contributed by atoms with van der Waals surface area (Å²) >= 11 is 0. The number of ether oxygens (including phenoxy) is 1. The third-order valence-electron chi connectivity index (χ3n) is 4.04. The van der Waals surface area contributed by atoms with E-state index in [4.69, 9.17) is 10.5 Å². The molecule has 0 unspecified atom stereocenters. The number of carbonyl (C=O) groups excluding carboxylic acids is 1. The first-order valence-corrected chi connectivity index (χ1v) is 7.76. The van der Waals surface area contributed by atoms with Crippen LogP contribution >= 0.6 is 0 Å². The van der Waals surface area contributed by atoms with Crippen LogP contribution in [0.3, 0.4) is 0 Å². The zero-order valence-corrected chi connectivity index (χ0v) is 13.9. The van der Waals surface area contributed by atoms with Gasteiger partial charge < -0.3 is 20.9 Å². The van der Waals surface area contributed by atoms with E-state index in [2.05, 4.69) is 5.32 Å². The van der Waals surface area contributed by atoms with Crippen LogP contribution in [-0.2, 0) is 4.74 Å². The van der Waals surface area contributed by atoms with Crippen LogP contribution in [0.4, 0.5) is 10.5 Å². The van der Waals surface area contributed by atoms with E-state index in [1.165, 1.54) is 18.2 Å². The maximum Gasteiger partial charge on any atom is 0.411 e. The van der Waals surface area contributed by atoms with Gasteiger partial charge in [-0.25, -0.2) is 4.79 Å². The molecule has 2 aromatic carbocycles. The smallest absolute Gasteiger partial charge is 0.411 e. The van der Waals surface area contributed by atoms with E-state index in [-0.39, 0.29) is 29.7 Å².